The van der Waals surface area contributed by atoms with E-state index >= 15 is 0 Å². The minimum Gasteiger partial charge on any atom is -0.493 e. The Labute approximate surface area is 152 Å². The Morgan fingerprint density at radius 3 is 2.42 bits per heavy atom. The van der Waals surface area contributed by atoms with Crippen molar-refractivity contribution in [3.8, 4) is 22.8 Å². The summed E-state index contributed by atoms with van der Waals surface area (Å²) in [5.74, 6) is 0.651. The molecule has 2 rings (SSSR count). The van der Waals surface area contributed by atoms with Crippen LogP contribution in [0.15, 0.2) is 29.1 Å². The van der Waals surface area contributed by atoms with Crippen LogP contribution in [-0.2, 0) is 11.3 Å². The zero-order chi connectivity index (χ0) is 19.3. The molecule has 0 spiro atoms. The molecule has 0 amide bonds. The molecule has 0 fully saturated rings. The number of benzene rings is 1. The molecular weight excluding hydrogens is 336 g/mol. The summed E-state index contributed by atoms with van der Waals surface area (Å²) < 4.78 is 16.9. The predicted octanol–water partition coefficient (Wildman–Crippen LogP) is 2.76. The Morgan fingerprint density at radius 2 is 1.85 bits per heavy atom. The second-order valence-electron chi connectivity index (χ2n) is 6.11. The van der Waals surface area contributed by atoms with E-state index in [1.165, 1.54) is 10.7 Å². The molecule has 7 heteroatoms. The number of carbonyl (C=O) groups is 1. The Kier molecular flexibility index (Phi) is 6.38. The standard InChI is InChI=1S/C19H24N2O5/c1-6-26-19(23)14-10-15(20-21(18(14)22)11-12(2)3)13-7-8-16(24-4)17(9-13)25-5/h7-10,12H,6,11H2,1-5H3. The van der Waals surface area contributed by atoms with Gasteiger partial charge in [-0.3, -0.25) is 4.79 Å². The molecule has 0 atom stereocenters. The number of methoxy groups -OCH3 is 2. The van der Waals surface area contributed by atoms with E-state index in [-0.39, 0.29) is 18.1 Å². The largest absolute Gasteiger partial charge is 0.493 e. The van der Waals surface area contributed by atoms with Crippen LogP contribution in [0, 0.1) is 5.92 Å². The van der Waals surface area contributed by atoms with Crippen LogP contribution >= 0.6 is 0 Å². The number of hydrogen-bond acceptors (Lipinski definition) is 6. The van der Waals surface area contributed by atoms with E-state index in [1.54, 1.807) is 39.3 Å². The summed E-state index contributed by atoms with van der Waals surface area (Å²) in [6.45, 7) is 6.23. The third-order valence-corrected chi connectivity index (χ3v) is 3.69. The maximum absolute atomic E-state index is 12.6. The number of carbonyl (C=O) groups excluding carboxylic acids is 1. The van der Waals surface area contributed by atoms with Crippen molar-refractivity contribution in [2.24, 2.45) is 5.92 Å². The van der Waals surface area contributed by atoms with Crippen LogP contribution in [0.4, 0.5) is 0 Å². The lowest BCUT2D eigenvalue weighted by atomic mass is 10.1. The summed E-state index contributed by atoms with van der Waals surface area (Å²) in [5.41, 5.74) is 0.689. The molecule has 1 aromatic heterocycles. The van der Waals surface area contributed by atoms with Crippen LogP contribution in [-0.4, -0.2) is 36.6 Å². The quantitative estimate of drug-likeness (QED) is 0.707. The average Bonchev–Trinajstić information content (AvgIpc) is 2.62. The van der Waals surface area contributed by atoms with Gasteiger partial charge >= 0.3 is 5.97 Å². The molecule has 0 radical (unpaired) electrons. The molecule has 26 heavy (non-hydrogen) atoms. The normalized spacial score (nSPS) is 10.7. The Bertz CT molecular complexity index is 842. The summed E-state index contributed by atoms with van der Waals surface area (Å²) >= 11 is 0. The molecule has 0 N–H and O–H groups in total. The van der Waals surface area contributed by atoms with Gasteiger partial charge in [0.1, 0.15) is 5.56 Å². The van der Waals surface area contributed by atoms with Crippen molar-refractivity contribution in [1.29, 1.82) is 0 Å². The molecule has 2 aromatic rings. The molecule has 0 aliphatic carbocycles. The smallest absolute Gasteiger partial charge is 0.343 e. The minimum absolute atomic E-state index is 0.0349. The first kappa shape index (κ1) is 19.5. The van der Waals surface area contributed by atoms with Gasteiger partial charge in [0.05, 0.1) is 26.5 Å². The molecule has 0 bridgehead atoms. The summed E-state index contributed by atoms with van der Waals surface area (Å²) in [6.07, 6.45) is 0. The average molecular weight is 360 g/mol. The van der Waals surface area contributed by atoms with Gasteiger partial charge < -0.3 is 14.2 Å². The molecule has 0 aliphatic rings. The number of esters is 1. The van der Waals surface area contributed by atoms with Crippen molar-refractivity contribution in [3.05, 3.63) is 40.2 Å². The fourth-order valence-corrected chi connectivity index (χ4v) is 2.50. The zero-order valence-corrected chi connectivity index (χ0v) is 15.7. The highest BCUT2D eigenvalue weighted by Gasteiger charge is 2.18. The third-order valence-electron chi connectivity index (χ3n) is 3.69. The summed E-state index contributed by atoms with van der Waals surface area (Å²) in [4.78, 5) is 24.8. The first-order chi connectivity index (χ1) is 12.4. The number of aromatic nitrogens is 2. The van der Waals surface area contributed by atoms with Gasteiger partial charge in [0.25, 0.3) is 5.56 Å². The van der Waals surface area contributed by atoms with Gasteiger partial charge in [-0.2, -0.15) is 5.10 Å². The van der Waals surface area contributed by atoms with Crippen LogP contribution in [0.3, 0.4) is 0 Å². The van der Waals surface area contributed by atoms with E-state index in [0.29, 0.717) is 29.3 Å². The van der Waals surface area contributed by atoms with Crippen LogP contribution in [0.2, 0.25) is 0 Å². The number of hydrogen-bond donors (Lipinski definition) is 0. The van der Waals surface area contributed by atoms with Gasteiger partial charge in [0, 0.05) is 12.1 Å². The summed E-state index contributed by atoms with van der Waals surface area (Å²) in [5, 5.41) is 4.42. The van der Waals surface area contributed by atoms with Gasteiger partial charge in [0.2, 0.25) is 0 Å². The lowest BCUT2D eigenvalue weighted by molar-refractivity contribution is 0.0523. The molecule has 0 saturated carbocycles. The van der Waals surface area contributed by atoms with Crippen LogP contribution < -0.4 is 15.0 Å². The zero-order valence-electron chi connectivity index (χ0n) is 15.7. The minimum atomic E-state index is -0.654. The first-order valence-corrected chi connectivity index (χ1v) is 8.42. The maximum Gasteiger partial charge on any atom is 0.343 e. The van der Waals surface area contributed by atoms with Crippen molar-refractivity contribution in [1.82, 2.24) is 9.78 Å². The van der Waals surface area contributed by atoms with Gasteiger partial charge in [-0.25, -0.2) is 9.48 Å². The van der Waals surface area contributed by atoms with E-state index in [1.807, 2.05) is 13.8 Å². The summed E-state index contributed by atoms with van der Waals surface area (Å²) in [7, 11) is 3.09. The lowest BCUT2D eigenvalue weighted by Crippen LogP contribution is -2.31. The monoisotopic (exact) mass is 360 g/mol. The molecule has 0 aliphatic heterocycles. The van der Waals surface area contributed by atoms with Crippen LogP contribution in [0.1, 0.15) is 31.1 Å². The molecule has 7 nitrogen and oxygen atoms in total. The van der Waals surface area contributed by atoms with Crippen molar-refractivity contribution in [2.45, 2.75) is 27.3 Å². The van der Waals surface area contributed by atoms with E-state index < -0.39 is 11.5 Å². The number of rotatable bonds is 7. The number of ether oxygens (including phenoxy) is 3. The molecule has 1 aromatic carbocycles. The fourth-order valence-electron chi connectivity index (χ4n) is 2.50. The number of nitrogens with zero attached hydrogens (tertiary/aromatic N) is 2. The topological polar surface area (TPSA) is 79.7 Å². The SMILES string of the molecule is CCOC(=O)c1cc(-c2ccc(OC)c(OC)c2)nn(CC(C)C)c1=O. The first-order valence-electron chi connectivity index (χ1n) is 8.42. The second kappa shape index (κ2) is 8.51. The van der Waals surface area contributed by atoms with Gasteiger partial charge in [-0.15, -0.1) is 0 Å². The van der Waals surface area contributed by atoms with E-state index in [2.05, 4.69) is 5.10 Å². The van der Waals surface area contributed by atoms with E-state index in [9.17, 15) is 9.59 Å². The summed E-state index contributed by atoms with van der Waals surface area (Å²) in [6, 6.07) is 6.75. The lowest BCUT2D eigenvalue weighted by Gasteiger charge is -2.13. The highest BCUT2D eigenvalue weighted by atomic mass is 16.5. The van der Waals surface area contributed by atoms with Crippen molar-refractivity contribution < 1.29 is 19.0 Å². The van der Waals surface area contributed by atoms with Gasteiger partial charge in [-0.1, -0.05) is 13.8 Å². The van der Waals surface area contributed by atoms with Crippen molar-refractivity contribution in [2.75, 3.05) is 20.8 Å². The van der Waals surface area contributed by atoms with Crippen LogP contribution in [0.5, 0.6) is 11.5 Å². The Hall–Kier alpha value is -2.83. The van der Waals surface area contributed by atoms with Crippen molar-refractivity contribution >= 4 is 5.97 Å². The fraction of sp³-hybridized carbons (Fsp3) is 0.421. The molecule has 0 unspecified atom stereocenters. The van der Waals surface area contributed by atoms with Crippen molar-refractivity contribution in [3.63, 3.8) is 0 Å². The Morgan fingerprint density at radius 1 is 1.15 bits per heavy atom. The highest BCUT2D eigenvalue weighted by Crippen LogP contribution is 2.31. The highest BCUT2D eigenvalue weighted by molar-refractivity contribution is 5.90. The predicted molar refractivity (Wildman–Crippen MR) is 97.8 cm³/mol. The molecule has 140 valence electrons. The van der Waals surface area contributed by atoms with Gasteiger partial charge in [-0.05, 0) is 37.1 Å². The molecule has 1 heterocycles. The molecular formula is C19H24N2O5. The van der Waals surface area contributed by atoms with E-state index in [0.717, 1.165) is 0 Å². The van der Waals surface area contributed by atoms with Gasteiger partial charge in [0.15, 0.2) is 11.5 Å². The van der Waals surface area contributed by atoms with Crippen LogP contribution in [0.25, 0.3) is 11.3 Å². The third kappa shape index (κ3) is 4.22. The second-order valence-corrected chi connectivity index (χ2v) is 6.11. The van der Waals surface area contributed by atoms with E-state index in [4.69, 9.17) is 14.2 Å². The Balaban J connectivity index is 2.62. The molecule has 0 saturated heterocycles. The maximum atomic E-state index is 12.6.